The zero-order valence-corrected chi connectivity index (χ0v) is 9.31. The Morgan fingerprint density at radius 2 is 2.14 bits per heavy atom. The first kappa shape index (κ1) is 11.4. The first-order valence-electron chi connectivity index (χ1n) is 5.57. The fraction of sp³-hybridized carbons (Fsp3) is 0.750. The highest BCUT2D eigenvalue weighted by atomic mass is 16.1. The van der Waals surface area contributed by atoms with Crippen LogP contribution in [0.25, 0.3) is 0 Å². The minimum Gasteiger partial charge on any atom is -0.317 e. The van der Waals surface area contributed by atoms with Crippen molar-refractivity contribution in [1.29, 1.82) is 0 Å². The third-order valence-electron chi connectivity index (χ3n) is 2.63. The van der Waals surface area contributed by atoms with Crippen LogP contribution in [0.2, 0.25) is 0 Å². The number of hydrogen-bond acceptors (Lipinski definition) is 2. The highest BCUT2D eigenvalue weighted by Crippen LogP contribution is 2.18. The Balaban J connectivity index is 2.34. The molecule has 0 saturated carbocycles. The lowest BCUT2D eigenvalue weighted by Crippen LogP contribution is -2.14. The standard InChI is InChI=1S/C12H21NO/c1-10(2)8-12(14)9-11-4-3-6-13-7-5-11/h8,11,13H,3-7,9H2,1-2H3. The minimum absolute atomic E-state index is 0.303. The predicted octanol–water partition coefficient (Wildman–Crippen LogP) is 2.30. The number of carbonyl (C=O) groups excluding carboxylic acids is 1. The molecule has 1 N–H and O–H groups in total. The summed E-state index contributed by atoms with van der Waals surface area (Å²) in [6.45, 7) is 6.15. The maximum Gasteiger partial charge on any atom is 0.155 e. The number of allylic oxidation sites excluding steroid dienone is 2. The van der Waals surface area contributed by atoms with Crippen molar-refractivity contribution < 1.29 is 4.79 Å². The van der Waals surface area contributed by atoms with Crippen molar-refractivity contribution in [3.63, 3.8) is 0 Å². The molecule has 0 aromatic carbocycles. The lowest BCUT2D eigenvalue weighted by molar-refractivity contribution is -0.115. The highest BCUT2D eigenvalue weighted by molar-refractivity contribution is 5.90. The van der Waals surface area contributed by atoms with E-state index in [1.807, 2.05) is 13.8 Å². The van der Waals surface area contributed by atoms with Gasteiger partial charge in [0.15, 0.2) is 5.78 Å². The molecule has 14 heavy (non-hydrogen) atoms. The van der Waals surface area contributed by atoms with Gasteiger partial charge in [-0.2, -0.15) is 0 Å². The molecule has 1 aliphatic rings. The molecule has 0 aromatic heterocycles. The van der Waals surface area contributed by atoms with E-state index in [4.69, 9.17) is 0 Å². The maximum atomic E-state index is 11.5. The molecule has 80 valence electrons. The molecule has 2 nitrogen and oxygen atoms in total. The predicted molar refractivity (Wildman–Crippen MR) is 59.3 cm³/mol. The van der Waals surface area contributed by atoms with Gasteiger partial charge in [-0.1, -0.05) is 5.57 Å². The Morgan fingerprint density at radius 1 is 1.36 bits per heavy atom. The van der Waals surface area contributed by atoms with Crippen LogP contribution in [0.15, 0.2) is 11.6 Å². The highest BCUT2D eigenvalue weighted by Gasteiger charge is 2.14. The zero-order chi connectivity index (χ0) is 10.4. The average Bonchev–Trinajstić information content (AvgIpc) is 2.31. The summed E-state index contributed by atoms with van der Waals surface area (Å²) in [5, 5.41) is 3.36. The average molecular weight is 195 g/mol. The van der Waals surface area contributed by atoms with Gasteiger partial charge in [0.2, 0.25) is 0 Å². The monoisotopic (exact) mass is 195 g/mol. The van der Waals surface area contributed by atoms with Crippen molar-refractivity contribution in [2.24, 2.45) is 5.92 Å². The van der Waals surface area contributed by atoms with Gasteiger partial charge < -0.3 is 5.32 Å². The van der Waals surface area contributed by atoms with E-state index < -0.39 is 0 Å². The lowest BCUT2D eigenvalue weighted by atomic mass is 9.94. The second-order valence-corrected chi connectivity index (χ2v) is 4.44. The summed E-state index contributed by atoms with van der Waals surface area (Å²) in [5.74, 6) is 0.907. The fourth-order valence-corrected chi connectivity index (χ4v) is 1.96. The number of nitrogens with one attached hydrogen (secondary N) is 1. The Kier molecular flexibility index (Phi) is 4.88. The third-order valence-corrected chi connectivity index (χ3v) is 2.63. The molecule has 1 heterocycles. The van der Waals surface area contributed by atoms with E-state index in [-0.39, 0.29) is 0 Å². The van der Waals surface area contributed by atoms with Crippen molar-refractivity contribution >= 4 is 5.78 Å². The van der Waals surface area contributed by atoms with Crippen LogP contribution in [-0.2, 0) is 4.79 Å². The summed E-state index contributed by atoms with van der Waals surface area (Å²) in [6.07, 6.45) is 6.09. The molecule has 1 unspecified atom stereocenters. The number of carbonyl (C=O) groups is 1. The van der Waals surface area contributed by atoms with Crippen LogP contribution in [0.4, 0.5) is 0 Å². The first-order chi connectivity index (χ1) is 6.68. The second kappa shape index (κ2) is 5.97. The van der Waals surface area contributed by atoms with Crippen LogP contribution in [0.3, 0.4) is 0 Å². The quantitative estimate of drug-likeness (QED) is 0.700. The molecule has 1 saturated heterocycles. The van der Waals surface area contributed by atoms with Crippen molar-refractivity contribution in [2.75, 3.05) is 13.1 Å². The smallest absolute Gasteiger partial charge is 0.155 e. The van der Waals surface area contributed by atoms with Crippen molar-refractivity contribution in [2.45, 2.75) is 39.5 Å². The van der Waals surface area contributed by atoms with Crippen molar-refractivity contribution in [1.82, 2.24) is 5.32 Å². The SMILES string of the molecule is CC(C)=CC(=O)CC1CCCNCC1. The molecule has 0 amide bonds. The van der Waals surface area contributed by atoms with E-state index in [2.05, 4.69) is 5.32 Å². The molecule has 0 radical (unpaired) electrons. The topological polar surface area (TPSA) is 29.1 Å². The maximum absolute atomic E-state index is 11.5. The summed E-state index contributed by atoms with van der Waals surface area (Å²) in [4.78, 5) is 11.5. The zero-order valence-electron chi connectivity index (χ0n) is 9.31. The van der Waals surface area contributed by atoms with Gasteiger partial charge in [0.25, 0.3) is 0 Å². The summed E-state index contributed by atoms with van der Waals surface area (Å²) in [7, 11) is 0. The molecule has 0 bridgehead atoms. The minimum atomic E-state index is 0.303. The van der Waals surface area contributed by atoms with Gasteiger partial charge in [0, 0.05) is 6.42 Å². The normalized spacial score (nSPS) is 22.6. The fourth-order valence-electron chi connectivity index (χ4n) is 1.96. The van der Waals surface area contributed by atoms with Gasteiger partial charge in [-0.25, -0.2) is 0 Å². The van der Waals surface area contributed by atoms with Gasteiger partial charge in [0.1, 0.15) is 0 Å². The molecular weight excluding hydrogens is 174 g/mol. The van der Waals surface area contributed by atoms with E-state index >= 15 is 0 Å². The van der Waals surface area contributed by atoms with E-state index in [0.717, 1.165) is 31.5 Å². The molecule has 0 aromatic rings. The second-order valence-electron chi connectivity index (χ2n) is 4.44. The molecule has 0 spiro atoms. The summed E-state index contributed by atoms with van der Waals surface area (Å²) in [6, 6.07) is 0. The molecule has 0 aliphatic carbocycles. The Morgan fingerprint density at radius 3 is 2.86 bits per heavy atom. The molecule has 1 fully saturated rings. The van der Waals surface area contributed by atoms with Gasteiger partial charge in [-0.3, -0.25) is 4.79 Å². The number of rotatable bonds is 3. The van der Waals surface area contributed by atoms with Crippen molar-refractivity contribution in [3.05, 3.63) is 11.6 Å². The molecular formula is C12H21NO. The summed E-state index contributed by atoms with van der Waals surface area (Å²) in [5.41, 5.74) is 1.11. The van der Waals surface area contributed by atoms with Crippen LogP contribution >= 0.6 is 0 Å². The molecule has 2 heteroatoms. The van der Waals surface area contributed by atoms with E-state index in [1.54, 1.807) is 6.08 Å². The molecule has 1 atom stereocenters. The molecule has 1 aliphatic heterocycles. The largest absolute Gasteiger partial charge is 0.317 e. The Hall–Kier alpha value is -0.630. The Labute approximate surface area is 86.8 Å². The Bertz CT molecular complexity index is 208. The van der Waals surface area contributed by atoms with Crippen LogP contribution in [0, 0.1) is 5.92 Å². The van der Waals surface area contributed by atoms with E-state index in [1.165, 1.54) is 12.8 Å². The van der Waals surface area contributed by atoms with Crippen LogP contribution in [0.1, 0.15) is 39.5 Å². The van der Waals surface area contributed by atoms with Crippen LogP contribution in [-0.4, -0.2) is 18.9 Å². The number of ketones is 1. The van der Waals surface area contributed by atoms with Crippen LogP contribution in [0.5, 0.6) is 0 Å². The van der Waals surface area contributed by atoms with Gasteiger partial charge >= 0.3 is 0 Å². The van der Waals surface area contributed by atoms with Crippen molar-refractivity contribution in [3.8, 4) is 0 Å². The van der Waals surface area contributed by atoms with E-state index in [9.17, 15) is 4.79 Å². The lowest BCUT2D eigenvalue weighted by Gasteiger charge is -2.10. The van der Waals surface area contributed by atoms with Gasteiger partial charge in [-0.05, 0) is 58.2 Å². The molecule has 1 rings (SSSR count). The van der Waals surface area contributed by atoms with Crippen LogP contribution < -0.4 is 5.32 Å². The van der Waals surface area contributed by atoms with E-state index in [0.29, 0.717) is 11.7 Å². The first-order valence-corrected chi connectivity index (χ1v) is 5.57. The summed E-state index contributed by atoms with van der Waals surface area (Å²) < 4.78 is 0. The van der Waals surface area contributed by atoms with Gasteiger partial charge in [-0.15, -0.1) is 0 Å². The number of hydrogen-bond donors (Lipinski definition) is 1. The third kappa shape index (κ3) is 4.56. The summed E-state index contributed by atoms with van der Waals surface area (Å²) >= 11 is 0. The van der Waals surface area contributed by atoms with Gasteiger partial charge in [0.05, 0.1) is 0 Å².